The lowest BCUT2D eigenvalue weighted by Gasteiger charge is -2.44. The summed E-state index contributed by atoms with van der Waals surface area (Å²) in [6.45, 7) is 9.32. The van der Waals surface area contributed by atoms with Crippen LogP contribution in [0.5, 0.6) is 0 Å². The Labute approximate surface area is 252 Å². The minimum Gasteiger partial charge on any atom is -0.469 e. The Morgan fingerprint density at radius 1 is 0.707 bits per heavy atom. The van der Waals surface area contributed by atoms with E-state index in [9.17, 15) is 4.79 Å². The number of rotatable bonds is 20. The van der Waals surface area contributed by atoms with Crippen molar-refractivity contribution in [3.8, 4) is 0 Å². The highest BCUT2D eigenvalue weighted by Crippen LogP contribution is 2.37. The van der Waals surface area contributed by atoms with Gasteiger partial charge >= 0.3 is 5.97 Å². The lowest BCUT2D eigenvalue weighted by molar-refractivity contribution is -0.140. The number of ether oxygens (including phenoxy) is 1. The first kappa shape index (κ1) is 34.8. The van der Waals surface area contributed by atoms with Crippen LogP contribution in [-0.2, 0) is 14.0 Å². The van der Waals surface area contributed by atoms with E-state index in [2.05, 4.69) is 117 Å². The Morgan fingerprint density at radius 3 is 1.61 bits per heavy atom. The van der Waals surface area contributed by atoms with E-state index < -0.39 is 8.32 Å². The Morgan fingerprint density at radius 2 is 1.15 bits per heavy atom. The molecule has 1 atom stereocenters. The van der Waals surface area contributed by atoms with Gasteiger partial charge < -0.3 is 9.16 Å². The maximum Gasteiger partial charge on any atom is 0.305 e. The normalized spacial score (nSPS) is 13.2. The number of esters is 1. The van der Waals surface area contributed by atoms with Crippen LogP contribution in [0.25, 0.3) is 0 Å². The summed E-state index contributed by atoms with van der Waals surface area (Å²) in [5, 5.41) is 2.73. The minimum atomic E-state index is -2.47. The lowest BCUT2D eigenvalue weighted by Crippen LogP contribution is -2.67. The molecule has 4 heteroatoms. The molecule has 0 spiro atoms. The second-order valence-electron chi connectivity index (χ2n) is 12.3. The van der Waals surface area contributed by atoms with Crippen LogP contribution < -0.4 is 10.4 Å². The van der Waals surface area contributed by atoms with Gasteiger partial charge in [-0.1, -0.05) is 125 Å². The van der Waals surface area contributed by atoms with Crippen LogP contribution in [0.3, 0.4) is 0 Å². The topological polar surface area (TPSA) is 35.5 Å². The molecule has 2 aromatic rings. The highest BCUT2D eigenvalue weighted by Gasteiger charge is 2.50. The summed E-state index contributed by atoms with van der Waals surface area (Å²) in [5.74, 6) is -0.111. The molecule has 0 N–H and O–H groups in total. The third kappa shape index (κ3) is 12.5. The van der Waals surface area contributed by atoms with Gasteiger partial charge in [0.1, 0.15) is 0 Å². The molecule has 0 unspecified atom stereocenters. The van der Waals surface area contributed by atoms with Crippen molar-refractivity contribution in [2.75, 3.05) is 7.11 Å². The smallest absolute Gasteiger partial charge is 0.305 e. The highest BCUT2D eigenvalue weighted by atomic mass is 28.4. The molecule has 2 rings (SSSR count). The van der Waals surface area contributed by atoms with Gasteiger partial charge in [-0.05, 0) is 80.1 Å². The predicted octanol–water partition coefficient (Wildman–Crippen LogP) is 9.31. The first-order valence-corrected chi connectivity index (χ1v) is 17.9. The summed E-state index contributed by atoms with van der Waals surface area (Å²) in [4.78, 5) is 11.1. The minimum absolute atomic E-state index is 0.0212. The Kier molecular flexibility index (Phi) is 16.7. The Bertz CT molecular complexity index is 968. The zero-order valence-corrected chi connectivity index (χ0v) is 27.6. The van der Waals surface area contributed by atoms with Gasteiger partial charge in [-0.3, -0.25) is 4.79 Å². The maximum absolute atomic E-state index is 11.1. The molecule has 0 saturated heterocycles. The quantitative estimate of drug-likeness (QED) is 0.0682. The fraction of sp³-hybridized carbons (Fsp3) is 0.541. The van der Waals surface area contributed by atoms with Crippen molar-refractivity contribution in [1.29, 1.82) is 0 Å². The van der Waals surface area contributed by atoms with Crippen molar-refractivity contribution in [1.82, 2.24) is 0 Å². The van der Waals surface area contributed by atoms with E-state index in [1.165, 1.54) is 56.0 Å². The van der Waals surface area contributed by atoms with Crippen molar-refractivity contribution in [2.24, 2.45) is 0 Å². The van der Waals surface area contributed by atoms with Gasteiger partial charge in [0.15, 0.2) is 0 Å². The van der Waals surface area contributed by atoms with Crippen LogP contribution in [0.2, 0.25) is 5.04 Å². The summed E-state index contributed by atoms with van der Waals surface area (Å²) in [5.41, 5.74) is 0. The van der Waals surface area contributed by atoms with Crippen molar-refractivity contribution in [2.45, 2.75) is 122 Å². The molecule has 0 aliphatic heterocycles. The van der Waals surface area contributed by atoms with E-state index in [1.807, 2.05) is 0 Å². The molecule has 0 aliphatic rings. The zero-order valence-electron chi connectivity index (χ0n) is 26.6. The molecule has 0 amide bonds. The van der Waals surface area contributed by atoms with Crippen molar-refractivity contribution < 1.29 is 14.0 Å². The fourth-order valence-corrected chi connectivity index (χ4v) is 10.3. The average molecular weight is 577 g/mol. The molecule has 0 radical (unpaired) electrons. The SMILES string of the molecule is COC(=O)CCC/C=C\CCCCCCC/C=C\CCC[C@H](C)O[Si](c1ccccc1)(c1ccccc1)C(C)(C)C. The Hall–Kier alpha value is -2.43. The van der Waals surface area contributed by atoms with Crippen molar-refractivity contribution in [3.05, 3.63) is 85.0 Å². The van der Waals surface area contributed by atoms with Crippen LogP contribution in [0.4, 0.5) is 0 Å². The second-order valence-corrected chi connectivity index (χ2v) is 16.5. The summed E-state index contributed by atoms with van der Waals surface area (Å²) in [7, 11) is -1.02. The molecule has 41 heavy (non-hydrogen) atoms. The molecule has 0 aromatic heterocycles. The van der Waals surface area contributed by atoms with Crippen LogP contribution in [0.1, 0.15) is 111 Å². The first-order chi connectivity index (χ1) is 19.8. The molecule has 0 aliphatic carbocycles. The molecule has 0 fully saturated rings. The predicted molar refractivity (Wildman–Crippen MR) is 178 cm³/mol. The van der Waals surface area contributed by atoms with Crippen molar-refractivity contribution in [3.63, 3.8) is 0 Å². The van der Waals surface area contributed by atoms with Gasteiger partial charge in [0.05, 0.1) is 7.11 Å². The fourth-order valence-electron chi connectivity index (χ4n) is 5.57. The van der Waals surface area contributed by atoms with E-state index in [0.717, 1.165) is 38.5 Å². The van der Waals surface area contributed by atoms with Crippen molar-refractivity contribution >= 4 is 24.7 Å². The third-order valence-corrected chi connectivity index (χ3v) is 13.0. The Balaban J connectivity index is 1.66. The number of carbonyl (C=O) groups excluding carboxylic acids is 1. The summed E-state index contributed by atoms with van der Waals surface area (Å²) in [6.07, 6.45) is 24.0. The summed E-state index contributed by atoms with van der Waals surface area (Å²) < 4.78 is 11.9. The number of hydrogen-bond donors (Lipinski definition) is 0. The molecule has 226 valence electrons. The zero-order chi connectivity index (χ0) is 29.8. The lowest BCUT2D eigenvalue weighted by atomic mass is 10.1. The van der Waals surface area contributed by atoms with Crippen LogP contribution in [0.15, 0.2) is 85.0 Å². The molecule has 3 nitrogen and oxygen atoms in total. The van der Waals surface area contributed by atoms with E-state index in [-0.39, 0.29) is 17.1 Å². The first-order valence-electron chi connectivity index (χ1n) is 16.0. The number of methoxy groups -OCH3 is 1. The molecule has 0 saturated carbocycles. The van der Waals surface area contributed by atoms with E-state index >= 15 is 0 Å². The maximum atomic E-state index is 11.1. The highest BCUT2D eigenvalue weighted by molar-refractivity contribution is 6.99. The average Bonchev–Trinajstić information content (AvgIpc) is 2.97. The van der Waals surface area contributed by atoms with Crippen LogP contribution in [-0.4, -0.2) is 27.5 Å². The van der Waals surface area contributed by atoms with E-state index in [0.29, 0.717) is 6.42 Å². The van der Waals surface area contributed by atoms with Gasteiger partial charge in [-0.15, -0.1) is 0 Å². The number of allylic oxidation sites excluding steroid dienone is 4. The molecular weight excluding hydrogens is 520 g/mol. The largest absolute Gasteiger partial charge is 0.469 e. The van der Waals surface area contributed by atoms with Gasteiger partial charge in [-0.2, -0.15) is 0 Å². The molecular formula is C37H56O3Si. The molecule has 0 heterocycles. The number of unbranched alkanes of at least 4 members (excludes halogenated alkanes) is 8. The van der Waals surface area contributed by atoms with Crippen LogP contribution in [0, 0.1) is 0 Å². The van der Waals surface area contributed by atoms with Gasteiger partial charge in [0.2, 0.25) is 0 Å². The van der Waals surface area contributed by atoms with Gasteiger partial charge in [0.25, 0.3) is 8.32 Å². The van der Waals surface area contributed by atoms with E-state index in [1.54, 1.807) is 0 Å². The number of benzene rings is 2. The summed E-state index contributed by atoms with van der Waals surface area (Å²) >= 11 is 0. The standard InChI is InChI=1S/C37H56O3Si/c1-33(40-41(37(2,3)4,34-28-22-19-23-29-34)35-30-24-20-25-31-35)27-21-17-15-13-11-9-7-6-8-10-12-14-16-18-26-32-36(38)39-5/h13-16,19-20,22-25,28-31,33H,6-12,17-18,21,26-27,32H2,1-5H3/b15-13-,16-14-/t33-/m0/s1. The molecule has 2 aromatic carbocycles. The third-order valence-electron chi connectivity index (χ3n) is 7.83. The van der Waals surface area contributed by atoms with Gasteiger partial charge in [0, 0.05) is 12.5 Å². The van der Waals surface area contributed by atoms with Crippen LogP contribution >= 0.6 is 0 Å². The second kappa shape index (κ2) is 19.6. The number of hydrogen-bond acceptors (Lipinski definition) is 3. The summed E-state index contributed by atoms with van der Waals surface area (Å²) in [6, 6.07) is 21.9. The van der Waals surface area contributed by atoms with Gasteiger partial charge in [-0.25, -0.2) is 0 Å². The number of carbonyl (C=O) groups is 1. The monoisotopic (exact) mass is 576 g/mol. The van der Waals surface area contributed by atoms with E-state index in [4.69, 9.17) is 4.43 Å². The molecule has 0 bridgehead atoms.